The molecule has 18 heteroatoms. The molecule has 0 radical (unpaired) electrons. The van der Waals surface area contributed by atoms with Crippen molar-refractivity contribution in [1.29, 1.82) is 0 Å². The van der Waals surface area contributed by atoms with E-state index in [4.69, 9.17) is 26.9 Å². The number of ether oxygens (including phenoxy) is 1. The number of carbonyl (C=O) groups is 4. The monoisotopic (exact) mass is 925 g/mol. The Morgan fingerprint density at radius 1 is 0.968 bits per heavy atom. The van der Waals surface area contributed by atoms with Crippen molar-refractivity contribution in [2.45, 2.75) is 67.5 Å². The summed E-state index contributed by atoms with van der Waals surface area (Å²) in [6, 6.07) is 30.2. The molecule has 1 saturated heterocycles. The number of amides is 3. The van der Waals surface area contributed by atoms with Crippen molar-refractivity contribution in [3.63, 3.8) is 0 Å². The number of hydrogen-bond acceptors (Lipinski definition) is 13. The molecule has 3 amide bonds. The molecule has 1 unspecified atom stereocenters. The summed E-state index contributed by atoms with van der Waals surface area (Å²) in [5.74, 6) is -1.59. The first-order chi connectivity index (χ1) is 30.3. The summed E-state index contributed by atoms with van der Waals surface area (Å²) in [6.45, 7) is 5.78. The number of oxime groups is 1. The third kappa shape index (κ3) is 10.2. The van der Waals surface area contributed by atoms with Gasteiger partial charge in [-0.1, -0.05) is 131 Å². The third-order valence-electron chi connectivity index (χ3n) is 9.97. The van der Waals surface area contributed by atoms with Crippen LogP contribution in [0.25, 0.3) is 0 Å². The molecule has 5 aromatic rings. The van der Waals surface area contributed by atoms with E-state index in [9.17, 15) is 24.3 Å². The van der Waals surface area contributed by atoms with Gasteiger partial charge in [0.2, 0.25) is 5.60 Å². The van der Waals surface area contributed by atoms with Gasteiger partial charge in [-0.05, 0) is 45.7 Å². The van der Waals surface area contributed by atoms with Crippen LogP contribution in [0.3, 0.4) is 0 Å². The molecule has 0 saturated carbocycles. The predicted molar refractivity (Wildman–Crippen MR) is 245 cm³/mol. The number of nitrogens with one attached hydrogen (secondary N) is 2. The molecule has 1 fully saturated rings. The molecule has 0 spiro atoms. The number of thiazole rings is 1. The van der Waals surface area contributed by atoms with Gasteiger partial charge in [-0.3, -0.25) is 19.5 Å². The second kappa shape index (κ2) is 19.7. The highest BCUT2D eigenvalue weighted by Gasteiger charge is 2.54. The number of benzene rings is 3. The van der Waals surface area contributed by atoms with Crippen molar-refractivity contribution in [2.75, 3.05) is 18.0 Å². The molecule has 2 aliphatic rings. The molecule has 5 N–H and O–H groups in total. The number of fused-ring (bicyclic) bond motifs is 1. The van der Waals surface area contributed by atoms with E-state index in [0.29, 0.717) is 52.5 Å². The lowest BCUT2D eigenvalue weighted by Gasteiger charge is -2.50. The SMILES string of the molecule is CC(C)(C)OC(=O)NCCSCc1ncccc1SC1=C(C(=O)O)N2C(=O)[C@H](NC(=O)C(=NOC(c3ccccc3)(c3ccccc3)c3ccccc3)c3nc(N)sc3Cl)C2CC1. The van der Waals surface area contributed by atoms with E-state index >= 15 is 0 Å². The van der Waals surface area contributed by atoms with Crippen LogP contribution in [-0.2, 0) is 35.3 Å². The molecular weight excluding hydrogens is 882 g/mol. The van der Waals surface area contributed by atoms with Crippen LogP contribution in [0.2, 0.25) is 4.34 Å². The predicted octanol–water partition coefficient (Wildman–Crippen LogP) is 7.82. The van der Waals surface area contributed by atoms with Crippen LogP contribution in [0, 0.1) is 0 Å². The van der Waals surface area contributed by atoms with Crippen LogP contribution >= 0.6 is 46.5 Å². The minimum Gasteiger partial charge on any atom is -0.477 e. The number of rotatable bonds is 16. The highest BCUT2D eigenvalue weighted by atomic mass is 35.5. The summed E-state index contributed by atoms with van der Waals surface area (Å²) in [5.41, 5.74) is 6.45. The van der Waals surface area contributed by atoms with Gasteiger partial charge in [0, 0.05) is 50.7 Å². The van der Waals surface area contributed by atoms with E-state index in [1.54, 1.807) is 44.8 Å². The first-order valence-electron chi connectivity index (χ1n) is 19.9. The maximum atomic E-state index is 14.4. The van der Waals surface area contributed by atoms with E-state index in [0.717, 1.165) is 21.9 Å². The molecule has 0 aliphatic carbocycles. The highest BCUT2D eigenvalue weighted by Crippen LogP contribution is 2.45. The minimum atomic E-state index is -1.36. The summed E-state index contributed by atoms with van der Waals surface area (Å²) in [7, 11) is 0. The van der Waals surface area contributed by atoms with Crippen molar-refractivity contribution in [2.24, 2.45) is 5.16 Å². The van der Waals surface area contributed by atoms with Crippen LogP contribution < -0.4 is 16.4 Å². The molecule has 3 aromatic carbocycles. The number of carbonyl (C=O) groups excluding carboxylic acids is 3. The Morgan fingerprint density at radius 2 is 1.59 bits per heavy atom. The molecule has 4 heterocycles. The fraction of sp³-hybridized carbons (Fsp3) is 0.267. The van der Waals surface area contributed by atoms with Crippen molar-refractivity contribution in [3.05, 3.63) is 152 Å². The summed E-state index contributed by atoms with van der Waals surface area (Å²) >= 11 is 10.4. The minimum absolute atomic E-state index is 0.0402. The van der Waals surface area contributed by atoms with E-state index in [1.165, 1.54) is 16.7 Å². The Kier molecular flexibility index (Phi) is 14.1. The number of β-lactam (4-membered cyclic amide) rings is 1. The summed E-state index contributed by atoms with van der Waals surface area (Å²) in [5, 5.41) is 20.6. The maximum Gasteiger partial charge on any atom is 0.407 e. The van der Waals surface area contributed by atoms with Crippen LogP contribution in [0.5, 0.6) is 0 Å². The lowest BCUT2D eigenvalue weighted by molar-refractivity contribution is -0.155. The average Bonchev–Trinajstić information content (AvgIpc) is 3.61. The average molecular weight is 927 g/mol. The number of aliphatic carboxylic acids is 1. The number of alkyl carbamates (subject to hydrolysis) is 1. The summed E-state index contributed by atoms with van der Waals surface area (Å²) < 4.78 is 5.37. The number of nitrogens with zero attached hydrogens (tertiary/aromatic N) is 4. The topological polar surface area (TPSA) is 198 Å². The lowest BCUT2D eigenvalue weighted by atomic mass is 9.80. The van der Waals surface area contributed by atoms with Crippen LogP contribution in [0.4, 0.5) is 9.93 Å². The zero-order chi connectivity index (χ0) is 44.7. The second-order valence-corrected chi connectivity index (χ2v) is 19.2. The number of allylic oxidation sites excluding steroid dienone is 1. The summed E-state index contributed by atoms with van der Waals surface area (Å²) in [4.78, 5) is 71.2. The molecular formula is C45H44ClN7O7S3. The van der Waals surface area contributed by atoms with Gasteiger partial charge in [-0.15, -0.1) is 0 Å². The van der Waals surface area contributed by atoms with Crippen molar-refractivity contribution in [1.82, 2.24) is 25.5 Å². The zero-order valence-corrected chi connectivity index (χ0v) is 37.7. The van der Waals surface area contributed by atoms with Crippen LogP contribution in [0.1, 0.15) is 61.7 Å². The van der Waals surface area contributed by atoms with E-state index in [1.807, 2.05) is 97.1 Å². The Morgan fingerprint density at radius 3 is 2.14 bits per heavy atom. The standard InChI is InChI=1S/C45H44ClN7O7S3/c1-44(2,3)59-43(58)49-24-25-61-26-30-32(20-13-23-48-30)62-33-22-21-31-34(40(55)53(31)37(33)41(56)57)50-39(54)36(35-38(46)63-42(47)51-35)52-60-45(27-14-7-4-8-15-27,28-16-9-5-10-17-28)29-18-11-6-12-19-29/h4-20,23,31,34H,21-22,24-26H2,1-3H3,(H2,47,51)(H,49,58)(H,50,54)(H,56,57)/t31?,34-/m1/s1. The highest BCUT2D eigenvalue weighted by molar-refractivity contribution is 8.03. The van der Waals surface area contributed by atoms with Gasteiger partial charge >= 0.3 is 12.1 Å². The Labute approximate surface area is 381 Å². The van der Waals surface area contributed by atoms with Crippen molar-refractivity contribution >= 4 is 81.2 Å². The van der Waals surface area contributed by atoms with Crippen molar-refractivity contribution < 1.29 is 33.9 Å². The van der Waals surface area contributed by atoms with E-state index < -0.39 is 47.2 Å². The number of nitrogen functional groups attached to an aromatic ring is 1. The fourth-order valence-corrected chi connectivity index (χ4v) is 10.2. The Hall–Kier alpha value is -5.88. The molecule has 63 heavy (non-hydrogen) atoms. The van der Waals surface area contributed by atoms with Gasteiger partial charge in [-0.25, -0.2) is 14.6 Å². The van der Waals surface area contributed by atoms with Gasteiger partial charge in [0.05, 0.1) is 11.7 Å². The quantitative estimate of drug-likeness (QED) is 0.0246. The second-order valence-electron chi connectivity index (χ2n) is 15.4. The smallest absolute Gasteiger partial charge is 0.407 e. The molecule has 2 atom stereocenters. The number of thioether (sulfide) groups is 2. The Bertz CT molecular complexity index is 2440. The number of carboxylic acids is 1. The Balaban J connectivity index is 1.12. The summed E-state index contributed by atoms with van der Waals surface area (Å²) in [6.07, 6.45) is 1.85. The van der Waals surface area contributed by atoms with Gasteiger partial charge in [0.15, 0.2) is 10.8 Å². The molecule has 2 aromatic heterocycles. The van der Waals surface area contributed by atoms with Crippen molar-refractivity contribution in [3.8, 4) is 0 Å². The van der Waals surface area contributed by atoms with Crippen LogP contribution in [0.15, 0.2) is 130 Å². The fourth-order valence-electron chi connectivity index (χ4n) is 7.25. The molecule has 14 nitrogen and oxygen atoms in total. The first kappa shape index (κ1) is 45.2. The zero-order valence-electron chi connectivity index (χ0n) is 34.4. The van der Waals surface area contributed by atoms with Gasteiger partial charge in [-0.2, -0.15) is 11.8 Å². The molecule has 7 rings (SSSR count). The number of halogens is 1. The third-order valence-corrected chi connectivity index (χ3v) is 13.3. The normalized spacial score (nSPS) is 16.5. The van der Waals surface area contributed by atoms with Gasteiger partial charge < -0.3 is 31.0 Å². The van der Waals surface area contributed by atoms with Gasteiger partial charge in [0.25, 0.3) is 11.8 Å². The number of nitrogens with two attached hydrogens (primary N) is 1. The van der Waals surface area contributed by atoms with Crippen LogP contribution in [-0.4, -0.2) is 79.5 Å². The first-order valence-corrected chi connectivity index (χ1v) is 23.0. The molecule has 2 aliphatic heterocycles. The van der Waals surface area contributed by atoms with E-state index in [-0.39, 0.29) is 26.6 Å². The number of aromatic nitrogens is 2. The number of anilines is 1. The van der Waals surface area contributed by atoms with Gasteiger partial charge in [0.1, 0.15) is 27.4 Å². The maximum absolute atomic E-state index is 14.4. The molecule has 0 bridgehead atoms. The number of carboxylic acid groups (broad SMARTS) is 1. The molecule has 326 valence electrons. The lowest BCUT2D eigenvalue weighted by Crippen LogP contribution is -2.72. The van der Waals surface area contributed by atoms with E-state index in [2.05, 4.69) is 25.8 Å². The number of pyridine rings is 1. The largest absolute Gasteiger partial charge is 0.477 e. The number of hydrogen-bond donors (Lipinski definition) is 4.